The largest absolute Gasteiger partial charge is 0.329 e. The van der Waals surface area contributed by atoms with Gasteiger partial charge in [-0.05, 0) is 33.7 Å². The topological polar surface area (TPSA) is 32.5 Å². The van der Waals surface area contributed by atoms with E-state index in [1.165, 1.54) is 19.4 Å². The third-order valence-corrected chi connectivity index (χ3v) is 3.84. The van der Waals surface area contributed by atoms with Gasteiger partial charge in [0.1, 0.15) is 0 Å². The summed E-state index contributed by atoms with van der Waals surface area (Å²) >= 11 is 0. The van der Waals surface area contributed by atoms with Crippen LogP contribution in [0.4, 0.5) is 0 Å². The van der Waals surface area contributed by atoms with Gasteiger partial charge in [0.2, 0.25) is 0 Å². The van der Waals surface area contributed by atoms with Gasteiger partial charge in [0.25, 0.3) is 0 Å². The number of piperazine rings is 1. The maximum atomic E-state index is 5.84. The lowest BCUT2D eigenvalue weighted by atomic mass is 9.96. The average Bonchev–Trinajstić information content (AvgIpc) is 2.92. The van der Waals surface area contributed by atoms with Crippen molar-refractivity contribution in [3.63, 3.8) is 0 Å². The van der Waals surface area contributed by atoms with Gasteiger partial charge in [-0.1, -0.05) is 0 Å². The highest BCUT2D eigenvalue weighted by atomic mass is 15.3. The Hall–Kier alpha value is -0.120. The molecule has 1 atom stereocenters. The lowest BCUT2D eigenvalue weighted by Gasteiger charge is -2.49. The van der Waals surface area contributed by atoms with Crippen molar-refractivity contribution in [2.45, 2.75) is 44.3 Å². The molecule has 2 aliphatic rings. The molecule has 1 aliphatic carbocycles. The van der Waals surface area contributed by atoms with Crippen molar-refractivity contribution < 1.29 is 0 Å². The molecule has 0 aromatic rings. The minimum Gasteiger partial charge on any atom is -0.329 e. The molecule has 1 saturated heterocycles. The summed E-state index contributed by atoms with van der Waals surface area (Å²) in [6.07, 6.45) is 2.77. The Bertz CT molecular complexity index is 211. The highest BCUT2D eigenvalue weighted by Gasteiger charge is 2.42. The number of rotatable bonds is 2. The van der Waals surface area contributed by atoms with Crippen molar-refractivity contribution in [2.24, 2.45) is 5.73 Å². The van der Waals surface area contributed by atoms with Crippen molar-refractivity contribution in [1.82, 2.24) is 9.80 Å². The van der Waals surface area contributed by atoms with E-state index in [2.05, 4.69) is 30.7 Å². The number of nitrogens with two attached hydrogens (primary N) is 1. The third-order valence-electron chi connectivity index (χ3n) is 3.84. The van der Waals surface area contributed by atoms with Crippen LogP contribution >= 0.6 is 0 Å². The summed E-state index contributed by atoms with van der Waals surface area (Å²) in [4.78, 5) is 5.09. The summed E-state index contributed by atoms with van der Waals surface area (Å²) in [5, 5.41) is 0. The second-order valence-electron chi connectivity index (χ2n) is 5.49. The summed E-state index contributed by atoms with van der Waals surface area (Å²) in [7, 11) is 2.22. The first-order valence-electron chi connectivity index (χ1n) is 5.71. The summed E-state index contributed by atoms with van der Waals surface area (Å²) in [6, 6.07) is 1.43. The Kier molecular flexibility index (Phi) is 2.58. The van der Waals surface area contributed by atoms with Crippen LogP contribution in [0.5, 0.6) is 0 Å². The standard InChI is InChI=1S/C11H23N3/c1-11(2)8-14(9-4-5-9)10(6-12)7-13(11)3/h9-10H,4-8,12H2,1-3H3. The molecule has 3 heteroatoms. The first-order chi connectivity index (χ1) is 6.54. The molecule has 0 bridgehead atoms. The van der Waals surface area contributed by atoms with Crippen LogP contribution in [-0.4, -0.2) is 54.1 Å². The smallest absolute Gasteiger partial charge is 0.0349 e. The summed E-state index contributed by atoms with van der Waals surface area (Å²) in [5.74, 6) is 0. The van der Waals surface area contributed by atoms with Gasteiger partial charge in [0.15, 0.2) is 0 Å². The zero-order chi connectivity index (χ0) is 10.3. The summed E-state index contributed by atoms with van der Waals surface area (Å²) in [6.45, 7) is 7.76. The predicted octanol–water partition coefficient (Wildman–Crippen LogP) is 0.502. The van der Waals surface area contributed by atoms with E-state index in [1.807, 2.05) is 0 Å². The molecular weight excluding hydrogens is 174 g/mol. The molecule has 1 unspecified atom stereocenters. The molecule has 1 aliphatic heterocycles. The van der Waals surface area contributed by atoms with Gasteiger partial charge in [0.05, 0.1) is 0 Å². The van der Waals surface area contributed by atoms with Gasteiger partial charge < -0.3 is 5.73 Å². The fourth-order valence-corrected chi connectivity index (χ4v) is 2.41. The van der Waals surface area contributed by atoms with E-state index in [1.54, 1.807) is 0 Å². The number of likely N-dealkylation sites (N-methyl/N-ethyl adjacent to an activating group) is 1. The molecule has 0 radical (unpaired) electrons. The van der Waals surface area contributed by atoms with Gasteiger partial charge in [-0.3, -0.25) is 9.80 Å². The molecule has 14 heavy (non-hydrogen) atoms. The SMILES string of the molecule is CN1CC(CN)N(C2CC2)CC1(C)C. The lowest BCUT2D eigenvalue weighted by Crippen LogP contribution is -2.64. The van der Waals surface area contributed by atoms with Gasteiger partial charge in [-0.2, -0.15) is 0 Å². The Balaban J connectivity index is 2.06. The van der Waals surface area contributed by atoms with E-state index in [0.29, 0.717) is 11.6 Å². The molecule has 2 fully saturated rings. The second-order valence-corrected chi connectivity index (χ2v) is 5.49. The van der Waals surface area contributed by atoms with Crippen molar-refractivity contribution in [3.8, 4) is 0 Å². The number of hydrogen-bond donors (Lipinski definition) is 1. The average molecular weight is 197 g/mol. The summed E-state index contributed by atoms with van der Waals surface area (Å²) < 4.78 is 0. The lowest BCUT2D eigenvalue weighted by molar-refractivity contribution is -0.00274. The first-order valence-corrected chi connectivity index (χ1v) is 5.71. The normalized spacial score (nSPS) is 34.7. The molecule has 1 saturated carbocycles. The van der Waals surface area contributed by atoms with Gasteiger partial charge in [-0.25, -0.2) is 0 Å². The van der Waals surface area contributed by atoms with Gasteiger partial charge in [-0.15, -0.1) is 0 Å². The van der Waals surface area contributed by atoms with Gasteiger partial charge >= 0.3 is 0 Å². The minimum atomic E-state index is 0.314. The fraction of sp³-hybridized carbons (Fsp3) is 1.00. The molecule has 0 amide bonds. The molecule has 1 heterocycles. The molecule has 2 N–H and O–H groups in total. The Morgan fingerprint density at radius 3 is 2.50 bits per heavy atom. The molecular formula is C11H23N3. The summed E-state index contributed by atoms with van der Waals surface area (Å²) in [5.41, 5.74) is 6.16. The van der Waals surface area contributed by atoms with Crippen LogP contribution in [0.1, 0.15) is 26.7 Å². The van der Waals surface area contributed by atoms with Crippen LogP contribution in [0.3, 0.4) is 0 Å². The minimum absolute atomic E-state index is 0.314. The Labute approximate surface area is 87.2 Å². The van der Waals surface area contributed by atoms with Crippen molar-refractivity contribution in [1.29, 1.82) is 0 Å². The van der Waals surface area contributed by atoms with E-state index < -0.39 is 0 Å². The quantitative estimate of drug-likeness (QED) is 0.700. The highest BCUT2D eigenvalue weighted by molar-refractivity contribution is 4.99. The first kappa shape index (κ1) is 10.4. The zero-order valence-electron chi connectivity index (χ0n) is 9.66. The molecule has 0 aromatic heterocycles. The van der Waals surface area contributed by atoms with E-state index in [4.69, 9.17) is 5.73 Å². The molecule has 2 rings (SSSR count). The second kappa shape index (κ2) is 3.47. The van der Waals surface area contributed by atoms with Crippen LogP contribution in [0.25, 0.3) is 0 Å². The van der Waals surface area contributed by atoms with Crippen molar-refractivity contribution >= 4 is 0 Å². The number of hydrogen-bond acceptors (Lipinski definition) is 3. The fourth-order valence-electron chi connectivity index (χ4n) is 2.41. The van der Waals surface area contributed by atoms with Crippen molar-refractivity contribution in [2.75, 3.05) is 26.7 Å². The Morgan fingerprint density at radius 2 is 2.00 bits per heavy atom. The van der Waals surface area contributed by atoms with Gasteiger partial charge in [0, 0.05) is 37.3 Å². The van der Waals surface area contributed by atoms with Crippen LogP contribution < -0.4 is 5.73 Å². The highest BCUT2D eigenvalue weighted by Crippen LogP contribution is 2.33. The molecule has 82 valence electrons. The van der Waals surface area contributed by atoms with E-state index in [-0.39, 0.29) is 0 Å². The van der Waals surface area contributed by atoms with Crippen LogP contribution in [0.2, 0.25) is 0 Å². The van der Waals surface area contributed by atoms with Crippen LogP contribution in [0, 0.1) is 0 Å². The van der Waals surface area contributed by atoms with Crippen LogP contribution in [0.15, 0.2) is 0 Å². The third kappa shape index (κ3) is 1.81. The van der Waals surface area contributed by atoms with E-state index >= 15 is 0 Å². The van der Waals surface area contributed by atoms with Crippen molar-refractivity contribution in [3.05, 3.63) is 0 Å². The maximum absolute atomic E-state index is 5.84. The molecule has 3 nitrogen and oxygen atoms in total. The number of nitrogens with zero attached hydrogens (tertiary/aromatic N) is 2. The molecule has 0 aromatic carbocycles. The monoisotopic (exact) mass is 197 g/mol. The maximum Gasteiger partial charge on any atom is 0.0349 e. The predicted molar refractivity (Wildman–Crippen MR) is 59.3 cm³/mol. The van der Waals surface area contributed by atoms with E-state index in [0.717, 1.165) is 19.1 Å². The van der Waals surface area contributed by atoms with E-state index in [9.17, 15) is 0 Å². The molecule has 0 spiro atoms. The zero-order valence-corrected chi connectivity index (χ0v) is 9.66. The van der Waals surface area contributed by atoms with Crippen LogP contribution in [-0.2, 0) is 0 Å². The Morgan fingerprint density at radius 1 is 1.36 bits per heavy atom.